The molecular weight excluding hydrogens is 630 g/mol. The topological polar surface area (TPSA) is 163 Å². The monoisotopic (exact) mass is 663 g/mol. The largest absolute Gasteiger partial charge is 0.494 e. The van der Waals surface area contributed by atoms with Gasteiger partial charge in [0, 0.05) is 23.0 Å². The molecule has 0 N–H and O–H groups in total. The second-order valence-corrected chi connectivity index (χ2v) is 12.1. The average molecular weight is 664 g/mol. The van der Waals surface area contributed by atoms with E-state index in [1.165, 1.54) is 24.2 Å². The van der Waals surface area contributed by atoms with Crippen LogP contribution in [0.3, 0.4) is 0 Å². The molecule has 0 spiro atoms. The normalized spacial score (nSPS) is 15.4. The minimum Gasteiger partial charge on any atom is -0.494 e. The number of ether oxygens (including phenoxy) is 6. The highest BCUT2D eigenvalue weighted by atomic mass is 35.5. The van der Waals surface area contributed by atoms with Crippen molar-refractivity contribution in [1.82, 2.24) is 19.7 Å². The molecule has 1 amide bonds. The molecule has 0 bridgehead atoms. The summed E-state index contributed by atoms with van der Waals surface area (Å²) in [6.45, 7) is 8.05. The molecule has 0 unspecified atom stereocenters. The van der Waals surface area contributed by atoms with Gasteiger partial charge in [-0.25, -0.2) is 4.98 Å². The second kappa shape index (κ2) is 15.4. The maximum absolute atomic E-state index is 13.6. The lowest BCUT2D eigenvalue weighted by atomic mass is 10.0. The summed E-state index contributed by atoms with van der Waals surface area (Å²) < 4.78 is 34.0. The van der Waals surface area contributed by atoms with Crippen LogP contribution in [0.1, 0.15) is 49.7 Å². The van der Waals surface area contributed by atoms with Crippen molar-refractivity contribution in [3.63, 3.8) is 0 Å². The van der Waals surface area contributed by atoms with Crippen LogP contribution in [0.2, 0.25) is 5.15 Å². The van der Waals surface area contributed by atoms with Gasteiger partial charge in [0.05, 0.1) is 51.5 Å². The number of hydrogen-bond acceptors (Lipinski definition) is 13. The molecule has 1 aliphatic rings. The van der Waals surface area contributed by atoms with E-state index in [1.807, 2.05) is 0 Å². The SMILES string of the molecule is COc1cnc(Cl)cc1-c1cc(C)ncc1C(=O)/N=c1\sc(OC[C@H]2COCCO2)nn1COC(=O)CCC(=O)OC(C)(C)C. The number of pyridine rings is 2. The van der Waals surface area contributed by atoms with Crippen molar-refractivity contribution in [2.75, 3.05) is 33.5 Å². The van der Waals surface area contributed by atoms with E-state index in [1.54, 1.807) is 39.8 Å². The van der Waals surface area contributed by atoms with Crippen LogP contribution in [-0.4, -0.2) is 82.8 Å². The molecule has 0 radical (unpaired) electrons. The number of aromatic nitrogens is 4. The van der Waals surface area contributed by atoms with Crippen molar-refractivity contribution in [3.05, 3.63) is 45.7 Å². The van der Waals surface area contributed by atoms with Crippen LogP contribution >= 0.6 is 22.9 Å². The van der Waals surface area contributed by atoms with E-state index < -0.39 is 30.2 Å². The van der Waals surface area contributed by atoms with Gasteiger partial charge in [-0.2, -0.15) is 9.67 Å². The van der Waals surface area contributed by atoms with E-state index in [0.29, 0.717) is 42.4 Å². The highest BCUT2D eigenvalue weighted by Crippen LogP contribution is 2.34. The molecule has 0 aromatic carbocycles. The summed E-state index contributed by atoms with van der Waals surface area (Å²) in [5.74, 6) is -1.45. The summed E-state index contributed by atoms with van der Waals surface area (Å²) >= 11 is 7.13. The minimum absolute atomic E-state index is 0.0852. The molecule has 1 saturated heterocycles. The highest BCUT2D eigenvalue weighted by molar-refractivity contribution is 7.10. The predicted octanol–water partition coefficient (Wildman–Crippen LogP) is 3.53. The first-order chi connectivity index (χ1) is 21.4. The standard InChI is InChI=1S/C29H34ClN5O9S/c1-17-10-19(20-11-23(30)32-13-22(20)39-5)21(12-31-17)26(38)33-27-35(16-43-24(36)6-7-25(37)44-29(2,3)4)34-28(45-27)42-15-18-14-40-8-9-41-18/h10-13,18H,6-9,14-16H2,1-5H3/b33-27-/t18-/m1/s1. The third-order valence-corrected chi connectivity index (χ3v) is 7.06. The Morgan fingerprint density at radius 2 is 1.89 bits per heavy atom. The zero-order chi connectivity index (χ0) is 32.6. The van der Waals surface area contributed by atoms with E-state index in [-0.39, 0.29) is 46.3 Å². The summed E-state index contributed by atoms with van der Waals surface area (Å²) in [6.07, 6.45) is 2.20. The van der Waals surface area contributed by atoms with Gasteiger partial charge in [0.1, 0.15) is 29.2 Å². The smallest absolute Gasteiger partial charge is 0.308 e. The third kappa shape index (κ3) is 10.0. The minimum atomic E-state index is -0.673. The number of methoxy groups -OCH3 is 1. The van der Waals surface area contributed by atoms with Crippen LogP contribution in [0.5, 0.6) is 10.9 Å². The molecule has 0 aliphatic carbocycles. The Labute approximate surface area is 268 Å². The van der Waals surface area contributed by atoms with Gasteiger partial charge in [0.15, 0.2) is 6.73 Å². The quantitative estimate of drug-likeness (QED) is 0.217. The van der Waals surface area contributed by atoms with Gasteiger partial charge < -0.3 is 28.4 Å². The molecule has 4 rings (SSSR count). The van der Waals surface area contributed by atoms with Gasteiger partial charge >= 0.3 is 11.9 Å². The summed E-state index contributed by atoms with van der Waals surface area (Å²) in [6, 6.07) is 3.30. The Bertz CT molecular complexity index is 1600. The van der Waals surface area contributed by atoms with Crippen LogP contribution < -0.4 is 14.3 Å². The molecule has 3 aromatic rings. The zero-order valence-corrected chi connectivity index (χ0v) is 27.1. The van der Waals surface area contributed by atoms with E-state index in [9.17, 15) is 14.4 Å². The fraction of sp³-hybridized carbons (Fsp3) is 0.483. The number of nitrogens with zero attached hydrogens (tertiary/aromatic N) is 5. The molecule has 4 heterocycles. The number of esters is 2. The number of aryl methyl sites for hydroxylation is 1. The number of carbonyl (C=O) groups is 3. The van der Waals surface area contributed by atoms with Crippen LogP contribution in [0.15, 0.2) is 29.5 Å². The molecular formula is C29H34ClN5O9S. The zero-order valence-electron chi connectivity index (χ0n) is 25.5. The maximum Gasteiger partial charge on any atom is 0.308 e. The van der Waals surface area contributed by atoms with Gasteiger partial charge in [0.2, 0.25) is 4.80 Å². The first-order valence-electron chi connectivity index (χ1n) is 13.9. The second-order valence-electron chi connectivity index (χ2n) is 10.8. The number of rotatable bonds is 11. The maximum atomic E-state index is 13.6. The van der Waals surface area contributed by atoms with Gasteiger partial charge in [0.25, 0.3) is 11.1 Å². The van der Waals surface area contributed by atoms with E-state index in [0.717, 1.165) is 11.3 Å². The molecule has 3 aromatic heterocycles. The fourth-order valence-electron chi connectivity index (χ4n) is 4.01. The predicted molar refractivity (Wildman–Crippen MR) is 161 cm³/mol. The van der Waals surface area contributed by atoms with Crippen molar-refractivity contribution in [3.8, 4) is 22.1 Å². The number of halogens is 1. The lowest BCUT2D eigenvalue weighted by Gasteiger charge is -2.22. The van der Waals surface area contributed by atoms with Crippen molar-refractivity contribution in [1.29, 1.82) is 0 Å². The van der Waals surface area contributed by atoms with E-state index >= 15 is 0 Å². The lowest BCUT2D eigenvalue weighted by molar-refractivity contribution is -0.159. The van der Waals surface area contributed by atoms with Crippen LogP contribution in [0.25, 0.3) is 11.1 Å². The molecule has 1 atom stereocenters. The van der Waals surface area contributed by atoms with Gasteiger partial charge in [-0.05, 0) is 51.2 Å². The van der Waals surface area contributed by atoms with Crippen LogP contribution in [0, 0.1) is 6.92 Å². The summed E-state index contributed by atoms with van der Waals surface area (Å²) in [5, 5.41) is 4.70. The average Bonchev–Trinajstić information content (AvgIpc) is 3.38. The number of hydrogen-bond donors (Lipinski definition) is 0. The molecule has 16 heteroatoms. The fourth-order valence-corrected chi connectivity index (χ4v) is 4.91. The van der Waals surface area contributed by atoms with E-state index in [2.05, 4.69) is 20.1 Å². The summed E-state index contributed by atoms with van der Waals surface area (Å²) in [4.78, 5) is 50.8. The molecule has 242 valence electrons. The van der Waals surface area contributed by atoms with Crippen molar-refractivity contribution in [2.45, 2.75) is 59.0 Å². The molecule has 1 aliphatic heterocycles. The number of amides is 1. The Kier molecular flexibility index (Phi) is 11.6. The first kappa shape index (κ1) is 34.0. The first-order valence-corrected chi connectivity index (χ1v) is 15.1. The van der Waals surface area contributed by atoms with Gasteiger partial charge in [-0.15, -0.1) is 5.10 Å². The lowest BCUT2D eigenvalue weighted by Crippen LogP contribution is -2.33. The Morgan fingerprint density at radius 3 is 2.60 bits per heavy atom. The molecule has 45 heavy (non-hydrogen) atoms. The molecule has 14 nitrogen and oxygen atoms in total. The van der Waals surface area contributed by atoms with Crippen molar-refractivity contribution in [2.24, 2.45) is 4.99 Å². The Hall–Kier alpha value is -3.92. The van der Waals surface area contributed by atoms with Crippen molar-refractivity contribution >= 4 is 40.8 Å². The Morgan fingerprint density at radius 1 is 1.11 bits per heavy atom. The summed E-state index contributed by atoms with van der Waals surface area (Å²) in [5.41, 5.74) is 1.13. The van der Waals surface area contributed by atoms with Gasteiger partial charge in [-0.3, -0.25) is 19.4 Å². The molecule has 1 fully saturated rings. The highest BCUT2D eigenvalue weighted by Gasteiger charge is 2.21. The van der Waals surface area contributed by atoms with E-state index in [4.69, 9.17) is 40.0 Å². The number of carbonyl (C=O) groups excluding carboxylic acids is 3. The third-order valence-electron chi connectivity index (χ3n) is 5.99. The van der Waals surface area contributed by atoms with Crippen LogP contribution in [0.4, 0.5) is 0 Å². The Balaban J connectivity index is 1.60. The molecule has 0 saturated carbocycles. The van der Waals surface area contributed by atoms with Gasteiger partial charge in [-0.1, -0.05) is 11.6 Å². The van der Waals surface area contributed by atoms with Crippen LogP contribution in [-0.2, 0) is 35.3 Å². The van der Waals surface area contributed by atoms with Crippen molar-refractivity contribution < 1.29 is 42.8 Å². The summed E-state index contributed by atoms with van der Waals surface area (Å²) in [7, 11) is 1.48.